The highest BCUT2D eigenvalue weighted by molar-refractivity contribution is 6.15. The third-order valence-electron chi connectivity index (χ3n) is 5.51. The standard InChI is InChI=1S/C22H25N3O2/c1-15(2)27-18-4-3-17-13-24-21(19(17)12-18)16-5-8-23-20(11-16)25-9-10-26-22(14-25)6-7-22/h3-5,8,11-12,15H,6-7,9-10,13-14H2,1-2H3. The highest BCUT2D eigenvalue weighted by Gasteiger charge is 2.47. The van der Waals surface area contributed by atoms with Gasteiger partial charge in [0.2, 0.25) is 0 Å². The van der Waals surface area contributed by atoms with Crippen LogP contribution in [0, 0.1) is 0 Å². The quantitative estimate of drug-likeness (QED) is 0.833. The molecule has 140 valence electrons. The lowest BCUT2D eigenvalue weighted by Gasteiger charge is -2.34. The van der Waals surface area contributed by atoms with Crippen LogP contribution in [0.2, 0.25) is 0 Å². The Morgan fingerprint density at radius 2 is 2.07 bits per heavy atom. The predicted molar refractivity (Wildman–Crippen MR) is 106 cm³/mol. The second-order valence-corrected chi connectivity index (χ2v) is 8.01. The maximum Gasteiger partial charge on any atom is 0.129 e. The SMILES string of the molecule is CC(C)Oc1ccc2c(c1)C(c1ccnc(N3CCOC4(CC4)C3)c1)=NC2. The van der Waals surface area contributed by atoms with Crippen molar-refractivity contribution in [3.63, 3.8) is 0 Å². The molecule has 0 atom stereocenters. The van der Waals surface area contributed by atoms with E-state index in [0.29, 0.717) is 0 Å². The van der Waals surface area contributed by atoms with Crippen molar-refractivity contribution >= 4 is 11.5 Å². The Morgan fingerprint density at radius 3 is 2.89 bits per heavy atom. The summed E-state index contributed by atoms with van der Waals surface area (Å²) in [6.07, 6.45) is 4.40. The van der Waals surface area contributed by atoms with E-state index in [1.54, 1.807) is 0 Å². The van der Waals surface area contributed by atoms with Crippen molar-refractivity contribution in [1.82, 2.24) is 4.98 Å². The van der Waals surface area contributed by atoms with Gasteiger partial charge in [0.15, 0.2) is 0 Å². The monoisotopic (exact) mass is 363 g/mol. The van der Waals surface area contributed by atoms with Crippen LogP contribution in [-0.2, 0) is 11.3 Å². The number of anilines is 1. The van der Waals surface area contributed by atoms with Gasteiger partial charge in [0.05, 0.1) is 30.6 Å². The molecule has 2 aliphatic heterocycles. The van der Waals surface area contributed by atoms with Gasteiger partial charge < -0.3 is 14.4 Å². The summed E-state index contributed by atoms with van der Waals surface area (Å²) in [7, 11) is 0. The van der Waals surface area contributed by atoms with E-state index in [0.717, 1.165) is 49.1 Å². The van der Waals surface area contributed by atoms with E-state index in [2.05, 4.69) is 34.1 Å². The lowest BCUT2D eigenvalue weighted by atomic mass is 10.0. The zero-order valence-corrected chi connectivity index (χ0v) is 15.9. The number of fused-ring (bicyclic) bond motifs is 1. The third kappa shape index (κ3) is 3.21. The third-order valence-corrected chi connectivity index (χ3v) is 5.51. The summed E-state index contributed by atoms with van der Waals surface area (Å²) in [5.41, 5.74) is 4.68. The van der Waals surface area contributed by atoms with Crippen LogP contribution >= 0.6 is 0 Å². The summed E-state index contributed by atoms with van der Waals surface area (Å²) in [6, 6.07) is 10.5. The summed E-state index contributed by atoms with van der Waals surface area (Å²) in [6.45, 7) is 7.45. The van der Waals surface area contributed by atoms with E-state index in [1.807, 2.05) is 26.1 Å². The minimum atomic E-state index is 0.0937. The number of aromatic nitrogens is 1. The number of nitrogens with zero attached hydrogens (tertiary/aromatic N) is 3. The molecule has 3 heterocycles. The Morgan fingerprint density at radius 1 is 1.19 bits per heavy atom. The molecule has 3 aliphatic rings. The Hall–Kier alpha value is -2.40. The Bertz CT molecular complexity index is 902. The lowest BCUT2D eigenvalue weighted by molar-refractivity contribution is 0.0204. The van der Waals surface area contributed by atoms with Gasteiger partial charge in [-0.2, -0.15) is 0 Å². The number of morpholine rings is 1. The topological polar surface area (TPSA) is 47.0 Å². The van der Waals surface area contributed by atoms with Crippen molar-refractivity contribution in [2.24, 2.45) is 4.99 Å². The first-order chi connectivity index (χ1) is 13.1. The molecule has 5 nitrogen and oxygen atoms in total. The summed E-state index contributed by atoms with van der Waals surface area (Å²) in [5, 5.41) is 0. The molecule has 2 aromatic rings. The predicted octanol–water partition coefficient (Wildman–Crippen LogP) is 3.59. The van der Waals surface area contributed by atoms with Gasteiger partial charge in [-0.25, -0.2) is 4.98 Å². The first-order valence-corrected chi connectivity index (χ1v) is 9.82. The van der Waals surface area contributed by atoms with Gasteiger partial charge in [0.25, 0.3) is 0 Å². The van der Waals surface area contributed by atoms with Gasteiger partial charge in [-0.15, -0.1) is 0 Å². The zero-order valence-electron chi connectivity index (χ0n) is 15.9. The smallest absolute Gasteiger partial charge is 0.129 e. The van der Waals surface area contributed by atoms with E-state index in [9.17, 15) is 0 Å². The molecule has 0 radical (unpaired) electrons. The Labute approximate surface area is 160 Å². The average Bonchev–Trinajstić information content (AvgIpc) is 3.27. The lowest BCUT2D eigenvalue weighted by Crippen LogP contribution is -2.44. The molecule has 1 aliphatic carbocycles. The molecule has 0 bridgehead atoms. The molecule has 27 heavy (non-hydrogen) atoms. The number of hydrogen-bond donors (Lipinski definition) is 0. The fourth-order valence-electron chi connectivity index (χ4n) is 3.98. The molecule has 1 saturated carbocycles. The number of hydrogen-bond acceptors (Lipinski definition) is 5. The van der Waals surface area contributed by atoms with E-state index >= 15 is 0 Å². The van der Waals surface area contributed by atoms with Gasteiger partial charge in [-0.1, -0.05) is 6.07 Å². The number of benzene rings is 1. The van der Waals surface area contributed by atoms with Crippen LogP contribution < -0.4 is 9.64 Å². The fraction of sp³-hybridized carbons (Fsp3) is 0.455. The maximum absolute atomic E-state index is 5.94. The molecule has 1 spiro atoms. The van der Waals surface area contributed by atoms with Crippen LogP contribution in [0.25, 0.3) is 0 Å². The zero-order chi connectivity index (χ0) is 18.4. The normalized spacial score (nSPS) is 20.0. The van der Waals surface area contributed by atoms with Crippen molar-refractivity contribution in [2.45, 2.75) is 44.9 Å². The fourth-order valence-corrected chi connectivity index (χ4v) is 3.98. The maximum atomic E-state index is 5.94. The van der Waals surface area contributed by atoms with Gasteiger partial charge in [0.1, 0.15) is 11.6 Å². The number of aliphatic imine (C=N–C) groups is 1. The molecule has 1 aromatic carbocycles. The molecular formula is C22H25N3O2. The van der Waals surface area contributed by atoms with Gasteiger partial charge >= 0.3 is 0 Å². The molecule has 0 N–H and O–H groups in total. The van der Waals surface area contributed by atoms with Crippen LogP contribution in [-0.4, -0.2) is 42.1 Å². The second-order valence-electron chi connectivity index (χ2n) is 8.01. The van der Waals surface area contributed by atoms with Crippen molar-refractivity contribution in [3.8, 4) is 5.75 Å². The minimum absolute atomic E-state index is 0.0937. The van der Waals surface area contributed by atoms with Crippen LogP contribution in [0.4, 0.5) is 5.82 Å². The first-order valence-electron chi connectivity index (χ1n) is 9.82. The Balaban J connectivity index is 1.43. The number of ether oxygens (including phenoxy) is 2. The summed E-state index contributed by atoms with van der Waals surface area (Å²) < 4.78 is 11.8. The van der Waals surface area contributed by atoms with E-state index in [-0.39, 0.29) is 11.7 Å². The van der Waals surface area contributed by atoms with Crippen molar-refractivity contribution in [3.05, 3.63) is 53.2 Å². The molecule has 5 heteroatoms. The molecular weight excluding hydrogens is 338 g/mol. The Kier molecular flexibility index (Phi) is 3.93. The van der Waals surface area contributed by atoms with E-state index in [1.165, 1.54) is 24.0 Å². The average molecular weight is 363 g/mol. The minimum Gasteiger partial charge on any atom is -0.491 e. The first kappa shape index (κ1) is 16.8. The highest BCUT2D eigenvalue weighted by Crippen LogP contribution is 2.42. The van der Waals surface area contributed by atoms with Gasteiger partial charge in [-0.05, 0) is 56.5 Å². The van der Waals surface area contributed by atoms with Gasteiger partial charge in [-0.3, -0.25) is 4.99 Å². The highest BCUT2D eigenvalue weighted by atomic mass is 16.5. The van der Waals surface area contributed by atoms with E-state index in [4.69, 9.17) is 14.5 Å². The number of rotatable bonds is 4. The number of pyridine rings is 1. The second kappa shape index (κ2) is 6.34. The van der Waals surface area contributed by atoms with Gasteiger partial charge in [0, 0.05) is 30.4 Å². The van der Waals surface area contributed by atoms with E-state index < -0.39 is 0 Å². The molecule has 1 aromatic heterocycles. The summed E-state index contributed by atoms with van der Waals surface area (Å²) >= 11 is 0. The molecule has 1 saturated heterocycles. The molecule has 0 unspecified atom stereocenters. The largest absolute Gasteiger partial charge is 0.491 e. The summed E-state index contributed by atoms with van der Waals surface area (Å²) in [4.78, 5) is 11.8. The summed E-state index contributed by atoms with van der Waals surface area (Å²) in [5.74, 6) is 1.92. The van der Waals surface area contributed by atoms with Crippen LogP contribution in [0.3, 0.4) is 0 Å². The molecule has 5 rings (SSSR count). The van der Waals surface area contributed by atoms with Crippen LogP contribution in [0.15, 0.2) is 41.5 Å². The molecule has 2 fully saturated rings. The van der Waals surface area contributed by atoms with Crippen molar-refractivity contribution in [2.75, 3.05) is 24.6 Å². The van der Waals surface area contributed by atoms with Crippen molar-refractivity contribution in [1.29, 1.82) is 0 Å². The van der Waals surface area contributed by atoms with Crippen LogP contribution in [0.1, 0.15) is 43.4 Å². The molecule has 0 amide bonds. The van der Waals surface area contributed by atoms with Crippen LogP contribution in [0.5, 0.6) is 5.75 Å². The van der Waals surface area contributed by atoms with Crippen molar-refractivity contribution < 1.29 is 9.47 Å².